The van der Waals surface area contributed by atoms with E-state index in [1.54, 1.807) is 6.92 Å². The third kappa shape index (κ3) is 4.84. The highest BCUT2D eigenvalue weighted by atomic mass is 16.3. The number of hydrogen-bond acceptors (Lipinski definition) is 2. The van der Waals surface area contributed by atoms with E-state index in [0.29, 0.717) is 0 Å². The third-order valence-corrected chi connectivity index (χ3v) is 4.10. The van der Waals surface area contributed by atoms with Crippen LogP contribution in [0.15, 0.2) is 0 Å². The Kier molecular flexibility index (Phi) is 5.77. The van der Waals surface area contributed by atoms with Gasteiger partial charge in [-0.2, -0.15) is 0 Å². The lowest BCUT2D eigenvalue weighted by molar-refractivity contribution is -0.0112. The molecule has 1 fully saturated rings. The van der Waals surface area contributed by atoms with Crippen LogP contribution in [0.2, 0.25) is 0 Å². The molecule has 0 spiro atoms. The molecule has 2 heteroatoms. The summed E-state index contributed by atoms with van der Waals surface area (Å²) in [4.78, 5) is 0. The van der Waals surface area contributed by atoms with E-state index in [0.717, 1.165) is 24.7 Å². The van der Waals surface area contributed by atoms with Crippen molar-refractivity contribution in [1.29, 1.82) is 0 Å². The number of aliphatic hydroxyl groups excluding tert-OH is 1. The van der Waals surface area contributed by atoms with Gasteiger partial charge in [-0.25, -0.2) is 0 Å². The normalized spacial score (nSPS) is 30.0. The molecule has 2 N–H and O–H groups in total. The predicted molar refractivity (Wildman–Crippen MR) is 67.3 cm³/mol. The summed E-state index contributed by atoms with van der Waals surface area (Å²) in [5, 5.41) is 18.7. The summed E-state index contributed by atoms with van der Waals surface area (Å²) in [5.41, 5.74) is -0.861. The van der Waals surface area contributed by atoms with Gasteiger partial charge in [-0.3, -0.25) is 0 Å². The Morgan fingerprint density at radius 3 is 2.00 bits per heavy atom. The van der Waals surface area contributed by atoms with E-state index in [-0.39, 0.29) is 6.61 Å². The molecule has 0 heterocycles. The van der Waals surface area contributed by atoms with Crippen molar-refractivity contribution < 1.29 is 10.2 Å². The Hall–Kier alpha value is -0.0800. The zero-order chi connectivity index (χ0) is 12.0. The maximum absolute atomic E-state index is 9.74. The van der Waals surface area contributed by atoms with Gasteiger partial charge in [0.05, 0.1) is 12.2 Å². The molecule has 16 heavy (non-hydrogen) atoms. The van der Waals surface area contributed by atoms with Gasteiger partial charge in [-0.15, -0.1) is 0 Å². The first-order chi connectivity index (χ1) is 7.57. The first-order valence-corrected chi connectivity index (χ1v) is 6.90. The van der Waals surface area contributed by atoms with Gasteiger partial charge in [0, 0.05) is 0 Å². The Labute approximate surface area is 100 Å². The first-order valence-electron chi connectivity index (χ1n) is 6.90. The minimum Gasteiger partial charge on any atom is -0.393 e. The fraction of sp³-hybridized carbons (Fsp3) is 1.00. The minimum absolute atomic E-state index is 0.113. The standard InChI is InChI=1S/C14H28O2/c1-3-4-12-5-7-13(8-6-12)9-10-14(2,16)11-15/h12-13,15-16H,3-11H2,1-2H3. The molecule has 2 nitrogen and oxygen atoms in total. The molecule has 1 aliphatic rings. The van der Waals surface area contributed by atoms with E-state index in [4.69, 9.17) is 5.11 Å². The van der Waals surface area contributed by atoms with Gasteiger partial charge in [0.2, 0.25) is 0 Å². The molecular weight excluding hydrogens is 200 g/mol. The van der Waals surface area contributed by atoms with Crippen LogP contribution >= 0.6 is 0 Å². The number of hydrogen-bond donors (Lipinski definition) is 2. The van der Waals surface area contributed by atoms with Crippen LogP contribution in [-0.2, 0) is 0 Å². The fourth-order valence-corrected chi connectivity index (χ4v) is 2.81. The predicted octanol–water partition coefficient (Wildman–Crippen LogP) is 3.12. The Morgan fingerprint density at radius 1 is 1.06 bits per heavy atom. The second-order valence-electron chi connectivity index (χ2n) is 5.87. The van der Waals surface area contributed by atoms with Crippen LogP contribution in [0.4, 0.5) is 0 Å². The van der Waals surface area contributed by atoms with Crippen LogP contribution in [0.25, 0.3) is 0 Å². The SMILES string of the molecule is CCCC1CCC(CCC(C)(O)CO)CC1. The summed E-state index contributed by atoms with van der Waals surface area (Å²) >= 11 is 0. The Balaban J connectivity index is 2.17. The van der Waals surface area contributed by atoms with Crippen molar-refractivity contribution in [2.24, 2.45) is 11.8 Å². The van der Waals surface area contributed by atoms with Gasteiger partial charge in [0.1, 0.15) is 0 Å². The van der Waals surface area contributed by atoms with E-state index in [1.807, 2.05) is 0 Å². The van der Waals surface area contributed by atoms with Crippen molar-refractivity contribution >= 4 is 0 Å². The average Bonchev–Trinajstić information content (AvgIpc) is 2.29. The maximum atomic E-state index is 9.74. The highest BCUT2D eigenvalue weighted by molar-refractivity contribution is 4.77. The minimum atomic E-state index is -0.861. The summed E-state index contributed by atoms with van der Waals surface area (Å²) in [5.74, 6) is 1.74. The van der Waals surface area contributed by atoms with E-state index in [9.17, 15) is 5.11 Å². The molecule has 1 aliphatic carbocycles. The summed E-state index contributed by atoms with van der Waals surface area (Å²) < 4.78 is 0. The Bertz CT molecular complexity index is 181. The number of rotatable bonds is 6. The van der Waals surface area contributed by atoms with Crippen molar-refractivity contribution in [3.63, 3.8) is 0 Å². The van der Waals surface area contributed by atoms with E-state index < -0.39 is 5.60 Å². The van der Waals surface area contributed by atoms with Gasteiger partial charge in [-0.1, -0.05) is 45.4 Å². The Morgan fingerprint density at radius 2 is 1.56 bits per heavy atom. The van der Waals surface area contributed by atoms with E-state index >= 15 is 0 Å². The zero-order valence-electron chi connectivity index (χ0n) is 10.9. The molecule has 0 radical (unpaired) electrons. The molecular formula is C14H28O2. The molecule has 0 amide bonds. The summed E-state index contributed by atoms with van der Waals surface area (Å²) in [7, 11) is 0. The van der Waals surface area contributed by atoms with Crippen molar-refractivity contribution in [3.8, 4) is 0 Å². The van der Waals surface area contributed by atoms with Gasteiger partial charge in [-0.05, 0) is 31.6 Å². The van der Waals surface area contributed by atoms with Crippen LogP contribution in [0.5, 0.6) is 0 Å². The summed E-state index contributed by atoms with van der Waals surface area (Å²) in [6.45, 7) is 3.89. The molecule has 0 aromatic heterocycles. The van der Waals surface area contributed by atoms with Crippen LogP contribution in [0, 0.1) is 11.8 Å². The van der Waals surface area contributed by atoms with Crippen molar-refractivity contribution in [2.75, 3.05) is 6.61 Å². The van der Waals surface area contributed by atoms with Crippen LogP contribution < -0.4 is 0 Å². The topological polar surface area (TPSA) is 40.5 Å². The van der Waals surface area contributed by atoms with Crippen molar-refractivity contribution in [2.45, 2.75) is 70.8 Å². The third-order valence-electron chi connectivity index (χ3n) is 4.10. The molecule has 1 rings (SSSR count). The molecule has 0 bridgehead atoms. The monoisotopic (exact) mass is 228 g/mol. The molecule has 0 aliphatic heterocycles. The van der Waals surface area contributed by atoms with Crippen LogP contribution in [0.3, 0.4) is 0 Å². The van der Waals surface area contributed by atoms with Gasteiger partial charge < -0.3 is 10.2 Å². The quantitative estimate of drug-likeness (QED) is 0.733. The maximum Gasteiger partial charge on any atom is 0.0849 e. The lowest BCUT2D eigenvalue weighted by Crippen LogP contribution is -2.30. The molecule has 1 atom stereocenters. The first kappa shape index (κ1) is 14.0. The molecule has 96 valence electrons. The smallest absolute Gasteiger partial charge is 0.0849 e. The number of aliphatic hydroxyl groups is 2. The lowest BCUT2D eigenvalue weighted by Gasteiger charge is -2.30. The average molecular weight is 228 g/mol. The second kappa shape index (κ2) is 6.61. The van der Waals surface area contributed by atoms with Gasteiger partial charge in [0.25, 0.3) is 0 Å². The fourth-order valence-electron chi connectivity index (χ4n) is 2.81. The molecule has 1 saturated carbocycles. The molecule has 0 saturated heterocycles. The van der Waals surface area contributed by atoms with Gasteiger partial charge >= 0.3 is 0 Å². The van der Waals surface area contributed by atoms with Crippen molar-refractivity contribution in [3.05, 3.63) is 0 Å². The summed E-state index contributed by atoms with van der Waals surface area (Å²) in [6, 6.07) is 0. The van der Waals surface area contributed by atoms with E-state index in [1.165, 1.54) is 38.5 Å². The van der Waals surface area contributed by atoms with Crippen molar-refractivity contribution in [1.82, 2.24) is 0 Å². The summed E-state index contributed by atoms with van der Waals surface area (Å²) in [6.07, 6.45) is 9.92. The van der Waals surface area contributed by atoms with Crippen LogP contribution in [0.1, 0.15) is 65.2 Å². The zero-order valence-corrected chi connectivity index (χ0v) is 10.9. The van der Waals surface area contributed by atoms with Crippen LogP contribution in [-0.4, -0.2) is 22.4 Å². The largest absolute Gasteiger partial charge is 0.393 e. The molecule has 0 aromatic rings. The second-order valence-corrected chi connectivity index (χ2v) is 5.87. The molecule has 1 unspecified atom stereocenters. The molecule has 0 aromatic carbocycles. The lowest BCUT2D eigenvalue weighted by atomic mass is 9.77. The highest BCUT2D eigenvalue weighted by Crippen LogP contribution is 2.34. The highest BCUT2D eigenvalue weighted by Gasteiger charge is 2.24. The van der Waals surface area contributed by atoms with Gasteiger partial charge in [0.15, 0.2) is 0 Å². The van der Waals surface area contributed by atoms with E-state index in [2.05, 4.69) is 6.92 Å².